The Hall–Kier alpha value is -2.69. The normalized spacial score (nSPS) is 12.9. The minimum absolute atomic E-state index is 0.00145. The van der Waals surface area contributed by atoms with Crippen LogP contribution in [0.4, 0.5) is 4.39 Å². The van der Waals surface area contributed by atoms with E-state index >= 15 is 0 Å². The van der Waals surface area contributed by atoms with E-state index in [-0.39, 0.29) is 24.2 Å². The molecular weight excluding hydrogens is 333 g/mol. The molecule has 0 bridgehead atoms. The highest BCUT2D eigenvalue weighted by atomic mass is 19.1. The monoisotopic (exact) mass is 357 g/mol. The summed E-state index contributed by atoms with van der Waals surface area (Å²) in [7, 11) is 0. The number of ether oxygens (including phenoxy) is 1. The minimum atomic E-state index is -0.873. The third-order valence-corrected chi connectivity index (χ3v) is 4.04. The smallest absolute Gasteiger partial charge is 0.311 e. The molecular formula is C21H24FNO3. The Morgan fingerprint density at radius 3 is 2.31 bits per heavy atom. The van der Waals surface area contributed by atoms with Gasteiger partial charge in [-0.3, -0.25) is 9.59 Å². The predicted octanol–water partition coefficient (Wildman–Crippen LogP) is 3.44. The third-order valence-electron chi connectivity index (χ3n) is 4.04. The molecule has 0 unspecified atom stereocenters. The Morgan fingerprint density at radius 1 is 1.00 bits per heavy atom. The van der Waals surface area contributed by atoms with Crippen LogP contribution < -0.4 is 5.32 Å². The lowest BCUT2D eigenvalue weighted by Gasteiger charge is -2.18. The number of rotatable bonds is 8. The van der Waals surface area contributed by atoms with E-state index in [0.29, 0.717) is 5.56 Å². The van der Waals surface area contributed by atoms with Gasteiger partial charge in [0, 0.05) is 6.04 Å². The van der Waals surface area contributed by atoms with Gasteiger partial charge in [0.25, 0.3) is 5.91 Å². The summed E-state index contributed by atoms with van der Waals surface area (Å²) in [6, 6.07) is 15.6. The Balaban J connectivity index is 1.73. The summed E-state index contributed by atoms with van der Waals surface area (Å²) in [6.07, 6.45) is 0.788. The predicted molar refractivity (Wildman–Crippen MR) is 98.0 cm³/mol. The van der Waals surface area contributed by atoms with Crippen LogP contribution in [0.5, 0.6) is 0 Å². The van der Waals surface area contributed by atoms with Crippen LogP contribution in [-0.4, -0.2) is 24.0 Å². The molecule has 0 fully saturated rings. The van der Waals surface area contributed by atoms with E-state index in [2.05, 4.69) is 5.32 Å². The molecule has 0 radical (unpaired) electrons. The quantitative estimate of drug-likeness (QED) is 0.737. The number of nitrogens with one attached hydrogen (secondary N) is 1. The summed E-state index contributed by atoms with van der Waals surface area (Å²) < 4.78 is 18.0. The summed E-state index contributed by atoms with van der Waals surface area (Å²) in [5.41, 5.74) is 1.85. The molecule has 0 aromatic heterocycles. The van der Waals surface area contributed by atoms with E-state index in [9.17, 15) is 14.0 Å². The maximum Gasteiger partial charge on any atom is 0.311 e. The maximum atomic E-state index is 12.9. The van der Waals surface area contributed by atoms with Crippen molar-refractivity contribution in [3.8, 4) is 0 Å². The van der Waals surface area contributed by atoms with Crippen molar-refractivity contribution in [2.75, 3.05) is 0 Å². The molecule has 2 rings (SSSR count). The third kappa shape index (κ3) is 6.67. The zero-order valence-corrected chi connectivity index (χ0v) is 15.1. The molecule has 0 aliphatic rings. The summed E-state index contributed by atoms with van der Waals surface area (Å²) in [5, 5.41) is 2.86. The Bertz CT molecular complexity index is 716. The lowest BCUT2D eigenvalue weighted by Crippen LogP contribution is -2.41. The Morgan fingerprint density at radius 2 is 1.65 bits per heavy atom. The summed E-state index contributed by atoms with van der Waals surface area (Å²) in [6.45, 7) is 3.47. The van der Waals surface area contributed by atoms with Gasteiger partial charge in [0.2, 0.25) is 0 Å². The number of carbonyl (C=O) groups excluding carboxylic acids is 2. The SMILES string of the molecule is C[C@@H](CCc1ccccc1)NC(=O)[C@@H](C)OC(=O)Cc1ccc(F)cc1. The van der Waals surface area contributed by atoms with Crippen LogP contribution in [0.2, 0.25) is 0 Å². The fourth-order valence-electron chi connectivity index (χ4n) is 2.52. The van der Waals surface area contributed by atoms with Crippen molar-refractivity contribution in [1.29, 1.82) is 0 Å². The average Bonchev–Trinajstić information content (AvgIpc) is 2.62. The molecule has 0 aliphatic heterocycles. The highest BCUT2D eigenvalue weighted by Gasteiger charge is 2.19. The van der Waals surface area contributed by atoms with Gasteiger partial charge >= 0.3 is 5.97 Å². The van der Waals surface area contributed by atoms with Gasteiger partial charge < -0.3 is 10.1 Å². The van der Waals surface area contributed by atoms with Crippen molar-refractivity contribution in [2.45, 2.75) is 45.3 Å². The largest absolute Gasteiger partial charge is 0.452 e. The average molecular weight is 357 g/mol. The Kier molecular flexibility index (Phi) is 7.33. The van der Waals surface area contributed by atoms with Crippen LogP contribution in [-0.2, 0) is 27.2 Å². The van der Waals surface area contributed by atoms with E-state index < -0.39 is 12.1 Å². The van der Waals surface area contributed by atoms with Gasteiger partial charge in [-0.2, -0.15) is 0 Å². The van der Waals surface area contributed by atoms with Gasteiger partial charge in [0.15, 0.2) is 6.10 Å². The zero-order chi connectivity index (χ0) is 18.9. The molecule has 2 aromatic carbocycles. The van der Waals surface area contributed by atoms with Crippen LogP contribution >= 0.6 is 0 Å². The number of amides is 1. The first-order valence-corrected chi connectivity index (χ1v) is 8.72. The van der Waals surface area contributed by atoms with Crippen molar-refractivity contribution in [2.24, 2.45) is 0 Å². The van der Waals surface area contributed by atoms with Gasteiger partial charge in [-0.25, -0.2) is 4.39 Å². The van der Waals surface area contributed by atoms with E-state index in [4.69, 9.17) is 4.74 Å². The highest BCUT2D eigenvalue weighted by Crippen LogP contribution is 2.07. The van der Waals surface area contributed by atoms with E-state index in [0.717, 1.165) is 12.8 Å². The van der Waals surface area contributed by atoms with Crippen molar-refractivity contribution >= 4 is 11.9 Å². The second-order valence-electron chi connectivity index (χ2n) is 6.37. The maximum absolute atomic E-state index is 12.9. The van der Waals surface area contributed by atoms with Gasteiger partial charge in [0.1, 0.15) is 5.82 Å². The molecule has 1 amide bonds. The lowest BCUT2D eigenvalue weighted by molar-refractivity contribution is -0.154. The molecule has 2 aromatic rings. The van der Waals surface area contributed by atoms with Gasteiger partial charge in [-0.05, 0) is 49.9 Å². The molecule has 4 nitrogen and oxygen atoms in total. The molecule has 0 saturated carbocycles. The minimum Gasteiger partial charge on any atom is -0.452 e. The first-order valence-electron chi connectivity index (χ1n) is 8.72. The van der Waals surface area contributed by atoms with Crippen molar-refractivity contribution in [3.05, 3.63) is 71.5 Å². The summed E-state index contributed by atoms with van der Waals surface area (Å²) in [4.78, 5) is 24.1. The number of hydrogen-bond donors (Lipinski definition) is 1. The summed E-state index contributed by atoms with van der Waals surface area (Å²) in [5.74, 6) is -1.20. The second kappa shape index (κ2) is 9.70. The second-order valence-corrected chi connectivity index (χ2v) is 6.37. The fourth-order valence-corrected chi connectivity index (χ4v) is 2.52. The molecule has 138 valence electrons. The van der Waals surface area contributed by atoms with Gasteiger partial charge in [0.05, 0.1) is 6.42 Å². The molecule has 2 atom stereocenters. The molecule has 1 N–H and O–H groups in total. The molecule has 5 heteroatoms. The molecule has 0 heterocycles. The van der Waals surface area contributed by atoms with Crippen LogP contribution in [0.15, 0.2) is 54.6 Å². The lowest BCUT2D eigenvalue weighted by atomic mass is 10.1. The number of halogens is 1. The first-order chi connectivity index (χ1) is 12.4. The van der Waals surface area contributed by atoms with Gasteiger partial charge in [-0.1, -0.05) is 42.5 Å². The van der Waals surface area contributed by atoms with Crippen molar-refractivity contribution in [1.82, 2.24) is 5.32 Å². The van der Waals surface area contributed by atoms with E-state index in [1.54, 1.807) is 6.92 Å². The molecule has 26 heavy (non-hydrogen) atoms. The van der Waals surface area contributed by atoms with Crippen molar-refractivity contribution in [3.63, 3.8) is 0 Å². The first kappa shape index (κ1) is 19.6. The van der Waals surface area contributed by atoms with Crippen LogP contribution in [0.25, 0.3) is 0 Å². The standard InChI is InChI=1S/C21H24FNO3/c1-15(8-9-17-6-4-3-5-7-17)23-21(25)16(2)26-20(24)14-18-10-12-19(22)13-11-18/h3-7,10-13,15-16H,8-9,14H2,1-2H3,(H,23,25)/t15-,16+/m0/s1. The molecule has 0 saturated heterocycles. The van der Waals surface area contributed by atoms with E-state index in [1.807, 2.05) is 37.3 Å². The number of hydrogen-bond acceptors (Lipinski definition) is 3. The summed E-state index contributed by atoms with van der Waals surface area (Å²) >= 11 is 0. The van der Waals surface area contributed by atoms with Crippen LogP contribution in [0, 0.1) is 5.82 Å². The van der Waals surface area contributed by atoms with E-state index in [1.165, 1.54) is 29.8 Å². The highest BCUT2D eigenvalue weighted by molar-refractivity contribution is 5.84. The number of carbonyl (C=O) groups is 2. The fraction of sp³-hybridized carbons (Fsp3) is 0.333. The van der Waals surface area contributed by atoms with Gasteiger partial charge in [-0.15, -0.1) is 0 Å². The number of esters is 1. The van der Waals surface area contributed by atoms with Crippen LogP contribution in [0.1, 0.15) is 31.4 Å². The van der Waals surface area contributed by atoms with Crippen molar-refractivity contribution < 1.29 is 18.7 Å². The Labute approximate surface area is 153 Å². The number of benzene rings is 2. The van der Waals surface area contributed by atoms with Crippen LogP contribution in [0.3, 0.4) is 0 Å². The number of aryl methyl sites for hydroxylation is 1. The molecule has 0 aliphatic carbocycles. The zero-order valence-electron chi connectivity index (χ0n) is 15.1. The topological polar surface area (TPSA) is 55.4 Å². The molecule has 0 spiro atoms.